The van der Waals surface area contributed by atoms with E-state index in [9.17, 15) is 0 Å². The maximum Gasteiger partial charge on any atom is 0.0641 e. The van der Waals surface area contributed by atoms with Crippen LogP contribution in [0.5, 0.6) is 0 Å². The molecule has 0 aromatic carbocycles. The second-order valence-corrected chi connectivity index (χ2v) is 6.51. The van der Waals surface area contributed by atoms with Crippen LogP contribution in [0.15, 0.2) is 0 Å². The molecular weight excluding hydrogens is 212 g/mol. The van der Waals surface area contributed by atoms with E-state index in [1.54, 1.807) is 0 Å². The smallest absolute Gasteiger partial charge is 0.0641 e. The molecule has 2 heterocycles. The second-order valence-electron chi connectivity index (χ2n) is 6.51. The highest BCUT2D eigenvalue weighted by molar-refractivity contribution is 4.88. The molecule has 0 saturated carbocycles. The largest absolute Gasteiger partial charge is 0.375 e. The van der Waals surface area contributed by atoms with Crippen LogP contribution >= 0.6 is 0 Å². The molecule has 2 rings (SSSR count). The average molecular weight is 240 g/mol. The molecular formula is C14H28N2O. The summed E-state index contributed by atoms with van der Waals surface area (Å²) in [5.74, 6) is 0.690. The molecule has 0 spiro atoms. The van der Waals surface area contributed by atoms with Gasteiger partial charge in [-0.15, -0.1) is 0 Å². The molecule has 100 valence electrons. The van der Waals surface area contributed by atoms with Gasteiger partial charge < -0.3 is 10.5 Å². The van der Waals surface area contributed by atoms with E-state index in [0.717, 1.165) is 6.61 Å². The van der Waals surface area contributed by atoms with Gasteiger partial charge in [0.15, 0.2) is 0 Å². The summed E-state index contributed by atoms with van der Waals surface area (Å²) in [6.07, 6.45) is 4.97. The van der Waals surface area contributed by atoms with Crippen molar-refractivity contribution in [2.24, 2.45) is 11.7 Å². The van der Waals surface area contributed by atoms with Gasteiger partial charge in [0.25, 0.3) is 0 Å². The third-order valence-corrected chi connectivity index (χ3v) is 4.42. The Bertz CT molecular complexity index is 253. The SMILES string of the molecule is CC(N)C1CCCN(C2CCOC(C)(C)C2)C1. The first-order valence-electron chi connectivity index (χ1n) is 7.11. The van der Waals surface area contributed by atoms with Crippen LogP contribution in [-0.2, 0) is 4.74 Å². The van der Waals surface area contributed by atoms with E-state index < -0.39 is 0 Å². The van der Waals surface area contributed by atoms with Crippen LogP contribution in [0.2, 0.25) is 0 Å². The van der Waals surface area contributed by atoms with Crippen molar-refractivity contribution in [2.45, 2.75) is 64.1 Å². The lowest BCUT2D eigenvalue weighted by Crippen LogP contribution is -2.51. The van der Waals surface area contributed by atoms with Crippen molar-refractivity contribution in [1.82, 2.24) is 4.90 Å². The Labute approximate surface area is 106 Å². The Morgan fingerprint density at radius 1 is 1.35 bits per heavy atom. The monoisotopic (exact) mass is 240 g/mol. The summed E-state index contributed by atoms with van der Waals surface area (Å²) in [6.45, 7) is 9.94. The minimum absolute atomic E-state index is 0.0597. The van der Waals surface area contributed by atoms with Gasteiger partial charge in [-0.2, -0.15) is 0 Å². The zero-order chi connectivity index (χ0) is 12.5. The van der Waals surface area contributed by atoms with Crippen molar-refractivity contribution in [1.29, 1.82) is 0 Å². The van der Waals surface area contributed by atoms with E-state index in [2.05, 4.69) is 25.7 Å². The highest BCUT2D eigenvalue weighted by Crippen LogP contribution is 2.30. The van der Waals surface area contributed by atoms with E-state index in [-0.39, 0.29) is 5.60 Å². The van der Waals surface area contributed by atoms with E-state index in [1.165, 1.54) is 38.8 Å². The van der Waals surface area contributed by atoms with E-state index >= 15 is 0 Å². The fourth-order valence-electron chi connectivity index (χ4n) is 3.31. The van der Waals surface area contributed by atoms with Crippen molar-refractivity contribution < 1.29 is 4.74 Å². The fraction of sp³-hybridized carbons (Fsp3) is 1.00. The maximum absolute atomic E-state index is 6.06. The molecule has 3 nitrogen and oxygen atoms in total. The summed E-state index contributed by atoms with van der Waals surface area (Å²) < 4.78 is 5.81. The van der Waals surface area contributed by atoms with Gasteiger partial charge in [0, 0.05) is 25.2 Å². The first kappa shape index (κ1) is 13.3. The predicted molar refractivity (Wildman–Crippen MR) is 71.0 cm³/mol. The summed E-state index contributed by atoms with van der Waals surface area (Å²) in [6, 6.07) is 1.05. The molecule has 3 atom stereocenters. The molecule has 3 unspecified atom stereocenters. The van der Waals surface area contributed by atoms with Gasteiger partial charge in [-0.3, -0.25) is 4.90 Å². The van der Waals surface area contributed by atoms with Crippen molar-refractivity contribution in [3.8, 4) is 0 Å². The Balaban J connectivity index is 1.92. The Morgan fingerprint density at radius 3 is 2.76 bits per heavy atom. The minimum Gasteiger partial charge on any atom is -0.375 e. The Kier molecular flexibility index (Phi) is 4.11. The zero-order valence-electron chi connectivity index (χ0n) is 11.6. The number of piperidine rings is 1. The molecule has 2 saturated heterocycles. The van der Waals surface area contributed by atoms with Gasteiger partial charge >= 0.3 is 0 Å². The zero-order valence-corrected chi connectivity index (χ0v) is 11.6. The third-order valence-electron chi connectivity index (χ3n) is 4.42. The molecule has 0 aliphatic carbocycles. The number of nitrogens with zero attached hydrogens (tertiary/aromatic N) is 1. The lowest BCUT2D eigenvalue weighted by molar-refractivity contribution is -0.0882. The van der Waals surface area contributed by atoms with E-state index in [4.69, 9.17) is 10.5 Å². The molecule has 0 aromatic rings. The average Bonchev–Trinajstić information content (AvgIpc) is 2.28. The van der Waals surface area contributed by atoms with Crippen LogP contribution in [0.25, 0.3) is 0 Å². The van der Waals surface area contributed by atoms with Gasteiger partial charge in [0.05, 0.1) is 5.60 Å². The topological polar surface area (TPSA) is 38.5 Å². The molecule has 17 heavy (non-hydrogen) atoms. The Hall–Kier alpha value is -0.120. The molecule has 0 aromatic heterocycles. The lowest BCUT2D eigenvalue weighted by atomic mass is 9.87. The predicted octanol–water partition coefficient (Wildman–Crippen LogP) is 2.00. The minimum atomic E-state index is 0.0597. The number of hydrogen-bond acceptors (Lipinski definition) is 3. The lowest BCUT2D eigenvalue weighted by Gasteiger charge is -2.45. The third kappa shape index (κ3) is 3.43. The maximum atomic E-state index is 6.06. The Morgan fingerprint density at radius 2 is 2.12 bits per heavy atom. The van der Waals surface area contributed by atoms with Gasteiger partial charge in [-0.05, 0) is 58.9 Å². The summed E-state index contributed by atoms with van der Waals surface area (Å²) >= 11 is 0. The molecule has 2 aliphatic rings. The number of rotatable bonds is 2. The van der Waals surface area contributed by atoms with E-state index in [1.807, 2.05) is 0 Å². The highest BCUT2D eigenvalue weighted by atomic mass is 16.5. The quantitative estimate of drug-likeness (QED) is 0.802. The first-order valence-corrected chi connectivity index (χ1v) is 7.11. The summed E-state index contributed by atoms with van der Waals surface area (Å²) in [5.41, 5.74) is 6.12. The number of nitrogens with two attached hydrogens (primary N) is 1. The molecule has 3 heteroatoms. The standard InChI is InChI=1S/C14H28N2O/c1-11(15)12-5-4-7-16(10-12)13-6-8-17-14(2,3)9-13/h11-13H,4-10,15H2,1-3H3. The van der Waals surface area contributed by atoms with Gasteiger partial charge in [0.2, 0.25) is 0 Å². The van der Waals surface area contributed by atoms with Crippen molar-refractivity contribution in [2.75, 3.05) is 19.7 Å². The fourth-order valence-corrected chi connectivity index (χ4v) is 3.31. The van der Waals surface area contributed by atoms with Crippen molar-refractivity contribution in [3.05, 3.63) is 0 Å². The van der Waals surface area contributed by atoms with Crippen molar-refractivity contribution >= 4 is 0 Å². The summed E-state index contributed by atoms with van der Waals surface area (Å²) in [7, 11) is 0. The van der Waals surface area contributed by atoms with Crippen LogP contribution in [0.4, 0.5) is 0 Å². The molecule has 0 radical (unpaired) electrons. The van der Waals surface area contributed by atoms with Crippen LogP contribution in [0, 0.1) is 5.92 Å². The number of ether oxygens (including phenoxy) is 1. The molecule has 2 aliphatic heterocycles. The van der Waals surface area contributed by atoms with Gasteiger partial charge in [0.1, 0.15) is 0 Å². The van der Waals surface area contributed by atoms with Crippen molar-refractivity contribution in [3.63, 3.8) is 0 Å². The second kappa shape index (κ2) is 5.25. The normalized spacial score (nSPS) is 36.7. The highest BCUT2D eigenvalue weighted by Gasteiger charge is 2.34. The van der Waals surface area contributed by atoms with Crippen LogP contribution in [-0.4, -0.2) is 42.3 Å². The summed E-state index contributed by atoms with van der Waals surface area (Å²) in [5, 5.41) is 0. The summed E-state index contributed by atoms with van der Waals surface area (Å²) in [4.78, 5) is 2.67. The van der Waals surface area contributed by atoms with Crippen LogP contribution in [0.3, 0.4) is 0 Å². The first-order chi connectivity index (χ1) is 7.98. The molecule has 2 N–H and O–H groups in total. The van der Waals surface area contributed by atoms with Crippen LogP contribution in [0.1, 0.15) is 46.5 Å². The van der Waals surface area contributed by atoms with Gasteiger partial charge in [-0.25, -0.2) is 0 Å². The molecule has 0 bridgehead atoms. The number of hydrogen-bond donors (Lipinski definition) is 1. The molecule has 0 amide bonds. The molecule has 2 fully saturated rings. The number of likely N-dealkylation sites (tertiary alicyclic amines) is 1. The van der Waals surface area contributed by atoms with Gasteiger partial charge in [-0.1, -0.05) is 0 Å². The van der Waals surface area contributed by atoms with Crippen LogP contribution < -0.4 is 5.73 Å². The van der Waals surface area contributed by atoms with E-state index in [0.29, 0.717) is 18.0 Å².